The highest BCUT2D eigenvalue weighted by molar-refractivity contribution is 7.69. The fourth-order valence-electron chi connectivity index (χ4n) is 7.55. The molecule has 0 atom stereocenters. The molecule has 0 N–H and O–H groups in total. The van der Waals surface area contributed by atoms with Gasteiger partial charge in [-0.3, -0.25) is 0 Å². The van der Waals surface area contributed by atoms with Crippen molar-refractivity contribution < 1.29 is 0 Å². The minimum atomic E-state index is -0.529. The summed E-state index contributed by atoms with van der Waals surface area (Å²) < 4.78 is 2.21. The molecular weight excluding hydrogens is 606 g/mol. The lowest BCUT2D eigenvalue weighted by atomic mass is 10.0. The Balaban J connectivity index is 1.66. The average Bonchev–Trinajstić information content (AvgIpc) is 3.41. The molecule has 4 heteroatoms. The summed E-state index contributed by atoms with van der Waals surface area (Å²) in [7, 11) is -0.917. The number of para-hydroxylation sites is 1. The molecule has 246 valence electrons. The number of benzene rings is 4. The summed E-state index contributed by atoms with van der Waals surface area (Å²) in [6.45, 7) is 28.7. The van der Waals surface area contributed by atoms with Crippen LogP contribution in [0.1, 0.15) is 83.1 Å². The van der Waals surface area contributed by atoms with E-state index in [2.05, 4.69) is 197 Å². The smallest absolute Gasteiger partial charge is 0.0934 e. The lowest BCUT2D eigenvalue weighted by Gasteiger charge is -2.42. The van der Waals surface area contributed by atoms with Crippen LogP contribution >= 0.6 is 15.8 Å². The van der Waals surface area contributed by atoms with Gasteiger partial charge in [0.15, 0.2) is 0 Å². The molecule has 0 aliphatic rings. The van der Waals surface area contributed by atoms with Crippen molar-refractivity contribution in [2.24, 2.45) is 0 Å². The highest BCUT2D eigenvalue weighted by Gasteiger charge is 2.38. The standard InChI is InChI=1S/C43H54N2P2/c1-40(2,3)46(41(4,5)6)35-25-19-23-33(29-35)32-22-18-24-34(28-32)36-30-38(31-20-14-13-15-21-31)45(44-36)37-26-16-17-27-39(37)47(42(7,8)9)43(10,11)12/h13-30H,1-12H3. The second kappa shape index (κ2) is 13.1. The van der Waals surface area contributed by atoms with E-state index in [0.717, 1.165) is 17.0 Å². The predicted octanol–water partition coefficient (Wildman–Crippen LogP) is 12.3. The van der Waals surface area contributed by atoms with E-state index in [0.29, 0.717) is 0 Å². The SMILES string of the molecule is CC(C)(C)P(c1cccc(-c2cccc(-c3cc(-c4ccccc4)n(-c4ccccc4P(C(C)(C)C)C(C)(C)C)n3)c2)c1)C(C)(C)C. The Morgan fingerprint density at radius 2 is 0.936 bits per heavy atom. The molecule has 0 unspecified atom stereocenters. The first-order chi connectivity index (χ1) is 21.9. The molecule has 2 nitrogen and oxygen atoms in total. The van der Waals surface area contributed by atoms with Crippen LogP contribution in [0, 0.1) is 0 Å². The number of aromatic nitrogens is 2. The molecule has 0 saturated heterocycles. The van der Waals surface area contributed by atoms with Crippen LogP contribution in [0.4, 0.5) is 0 Å². The van der Waals surface area contributed by atoms with Crippen molar-refractivity contribution in [1.29, 1.82) is 0 Å². The third-order valence-electron chi connectivity index (χ3n) is 8.41. The second-order valence-corrected chi connectivity index (χ2v) is 24.4. The summed E-state index contributed by atoms with van der Waals surface area (Å²) in [6.07, 6.45) is 0. The fraction of sp³-hybridized carbons (Fsp3) is 0.372. The van der Waals surface area contributed by atoms with E-state index in [9.17, 15) is 0 Å². The van der Waals surface area contributed by atoms with E-state index < -0.39 is 7.92 Å². The van der Waals surface area contributed by atoms with Crippen LogP contribution in [-0.2, 0) is 0 Å². The second-order valence-electron chi connectivity index (χ2n) is 16.7. The summed E-state index contributed by atoms with van der Waals surface area (Å²) in [5, 5.41) is 8.97. The average molecular weight is 661 g/mol. The third kappa shape index (κ3) is 7.82. The molecule has 5 aromatic rings. The van der Waals surface area contributed by atoms with Crippen LogP contribution < -0.4 is 10.6 Å². The van der Waals surface area contributed by atoms with Gasteiger partial charge in [0.2, 0.25) is 0 Å². The summed E-state index contributed by atoms with van der Waals surface area (Å²) in [4.78, 5) is 0. The lowest BCUT2D eigenvalue weighted by molar-refractivity contribution is 0.714. The molecule has 1 heterocycles. The highest BCUT2D eigenvalue weighted by atomic mass is 31.1. The highest BCUT2D eigenvalue weighted by Crippen LogP contribution is 2.59. The van der Waals surface area contributed by atoms with Crippen molar-refractivity contribution in [1.82, 2.24) is 9.78 Å². The molecule has 0 saturated carbocycles. The Kier molecular flexibility index (Phi) is 9.83. The molecule has 0 aliphatic heterocycles. The first-order valence-corrected chi connectivity index (χ1v) is 19.6. The minimum Gasteiger partial charge on any atom is -0.232 e. The maximum absolute atomic E-state index is 5.41. The number of hydrogen-bond donors (Lipinski definition) is 0. The predicted molar refractivity (Wildman–Crippen MR) is 212 cm³/mol. The molecule has 4 aromatic carbocycles. The summed E-state index contributed by atoms with van der Waals surface area (Å²) >= 11 is 0. The van der Waals surface area contributed by atoms with Gasteiger partial charge in [0.1, 0.15) is 0 Å². The molecule has 0 radical (unpaired) electrons. The minimum absolute atomic E-state index is 0.135. The van der Waals surface area contributed by atoms with Gasteiger partial charge in [0.05, 0.1) is 17.1 Å². The van der Waals surface area contributed by atoms with E-state index in [-0.39, 0.29) is 28.5 Å². The molecule has 0 spiro atoms. The maximum Gasteiger partial charge on any atom is 0.0934 e. The van der Waals surface area contributed by atoms with E-state index in [4.69, 9.17) is 5.10 Å². The molecule has 47 heavy (non-hydrogen) atoms. The van der Waals surface area contributed by atoms with Gasteiger partial charge in [-0.1, -0.05) is 184 Å². The molecule has 0 fully saturated rings. The first kappa shape index (κ1) is 35.3. The van der Waals surface area contributed by atoms with Crippen molar-refractivity contribution in [3.63, 3.8) is 0 Å². The number of hydrogen-bond acceptors (Lipinski definition) is 1. The van der Waals surface area contributed by atoms with Crippen molar-refractivity contribution >= 4 is 26.5 Å². The van der Waals surface area contributed by atoms with Crippen molar-refractivity contribution in [3.05, 3.63) is 109 Å². The summed E-state index contributed by atoms with van der Waals surface area (Å²) in [5.41, 5.74) is 8.05. The Morgan fingerprint density at radius 3 is 1.53 bits per heavy atom. The zero-order valence-electron chi connectivity index (χ0n) is 30.7. The van der Waals surface area contributed by atoms with Gasteiger partial charge >= 0.3 is 0 Å². The van der Waals surface area contributed by atoms with Gasteiger partial charge in [-0.2, -0.15) is 5.10 Å². The van der Waals surface area contributed by atoms with Gasteiger partial charge < -0.3 is 0 Å². The number of rotatable bonds is 6. The Hall–Kier alpha value is -3.05. The van der Waals surface area contributed by atoms with Crippen LogP contribution in [0.2, 0.25) is 0 Å². The van der Waals surface area contributed by atoms with Crippen molar-refractivity contribution in [2.45, 2.75) is 104 Å². The number of nitrogens with zero attached hydrogens (tertiary/aromatic N) is 2. The van der Waals surface area contributed by atoms with Gasteiger partial charge in [-0.05, 0) is 61.3 Å². The molecule has 0 bridgehead atoms. The zero-order chi connectivity index (χ0) is 34.4. The van der Waals surface area contributed by atoms with Crippen molar-refractivity contribution in [3.8, 4) is 39.3 Å². The normalized spacial score (nSPS) is 13.1. The quantitative estimate of drug-likeness (QED) is 0.166. The largest absolute Gasteiger partial charge is 0.232 e. The van der Waals surface area contributed by atoms with Crippen molar-refractivity contribution in [2.75, 3.05) is 0 Å². The molecular formula is C43H54N2P2. The molecule has 5 rings (SSSR count). The monoisotopic (exact) mass is 660 g/mol. The fourth-order valence-corrected chi connectivity index (χ4v) is 15.7. The molecule has 0 aliphatic carbocycles. The van der Waals surface area contributed by atoms with Crippen LogP contribution in [0.5, 0.6) is 0 Å². The van der Waals surface area contributed by atoms with Gasteiger partial charge in [0.25, 0.3) is 0 Å². The molecule has 0 amide bonds. The van der Waals surface area contributed by atoms with Crippen LogP contribution in [0.3, 0.4) is 0 Å². The van der Waals surface area contributed by atoms with E-state index in [1.807, 2.05) is 0 Å². The van der Waals surface area contributed by atoms with Crippen LogP contribution in [0.15, 0.2) is 109 Å². The topological polar surface area (TPSA) is 17.8 Å². The van der Waals surface area contributed by atoms with Gasteiger partial charge in [-0.15, -0.1) is 0 Å². The zero-order valence-corrected chi connectivity index (χ0v) is 32.5. The Morgan fingerprint density at radius 1 is 0.447 bits per heavy atom. The van der Waals surface area contributed by atoms with E-state index >= 15 is 0 Å². The summed E-state index contributed by atoms with van der Waals surface area (Å²) in [6, 6.07) is 40.2. The Labute approximate surface area is 287 Å². The van der Waals surface area contributed by atoms with Crippen LogP contribution in [0.25, 0.3) is 39.3 Å². The first-order valence-electron chi connectivity index (χ1n) is 16.9. The maximum atomic E-state index is 5.41. The van der Waals surface area contributed by atoms with E-state index in [1.165, 1.54) is 33.0 Å². The summed E-state index contributed by atoms with van der Waals surface area (Å²) in [5.74, 6) is 0. The van der Waals surface area contributed by atoms with Crippen LogP contribution in [-0.4, -0.2) is 30.4 Å². The molecule has 1 aromatic heterocycles. The van der Waals surface area contributed by atoms with E-state index in [1.54, 1.807) is 0 Å². The van der Waals surface area contributed by atoms with Gasteiger partial charge in [0, 0.05) is 16.4 Å². The Bertz CT molecular complexity index is 1790. The van der Waals surface area contributed by atoms with Gasteiger partial charge in [-0.25, -0.2) is 4.68 Å². The third-order valence-corrected chi connectivity index (χ3v) is 15.4. The lowest BCUT2D eigenvalue weighted by Crippen LogP contribution is -2.32.